The smallest absolute Gasteiger partial charge is 0.261 e. The van der Waals surface area contributed by atoms with Crippen LogP contribution in [0.4, 0.5) is 10.8 Å². The Labute approximate surface area is 237 Å². The molecule has 1 saturated heterocycles. The Kier molecular flexibility index (Phi) is 9.11. The summed E-state index contributed by atoms with van der Waals surface area (Å²) in [5.41, 5.74) is 1.88. The van der Waals surface area contributed by atoms with Crippen LogP contribution >= 0.6 is 35.3 Å². The molecule has 1 aliphatic rings. The molecule has 8 nitrogen and oxygen atoms in total. The Morgan fingerprint density at radius 3 is 2.32 bits per heavy atom. The lowest BCUT2D eigenvalue weighted by Gasteiger charge is -2.34. The molecule has 38 heavy (non-hydrogen) atoms. The molecule has 2 N–H and O–H groups in total. The van der Waals surface area contributed by atoms with Gasteiger partial charge in [0.1, 0.15) is 0 Å². The van der Waals surface area contributed by atoms with Crippen LogP contribution in [0.1, 0.15) is 10.4 Å². The van der Waals surface area contributed by atoms with Crippen LogP contribution in [-0.2, 0) is 10.0 Å². The van der Waals surface area contributed by atoms with E-state index in [2.05, 4.69) is 25.9 Å². The molecular formula is C26H27Cl2N5O3S2. The van der Waals surface area contributed by atoms with Crippen molar-refractivity contribution in [3.05, 3.63) is 83.4 Å². The Hall–Kier alpha value is -2.89. The maximum Gasteiger partial charge on any atom is 0.261 e. The van der Waals surface area contributed by atoms with E-state index >= 15 is 0 Å². The minimum atomic E-state index is -3.74. The van der Waals surface area contributed by atoms with Crippen LogP contribution < -0.4 is 14.9 Å². The number of carbonyl (C=O) groups excluding carboxylic acids is 1. The predicted molar refractivity (Wildman–Crippen MR) is 157 cm³/mol. The van der Waals surface area contributed by atoms with Gasteiger partial charge < -0.3 is 10.2 Å². The molecule has 1 aromatic heterocycles. The number of piperazine rings is 1. The van der Waals surface area contributed by atoms with Crippen molar-refractivity contribution in [1.82, 2.24) is 15.2 Å². The highest BCUT2D eigenvalue weighted by Crippen LogP contribution is 2.29. The number of anilines is 2. The van der Waals surface area contributed by atoms with Crippen LogP contribution in [0.2, 0.25) is 5.02 Å². The van der Waals surface area contributed by atoms with Gasteiger partial charge in [-0.1, -0.05) is 35.1 Å². The lowest BCUT2D eigenvalue weighted by atomic mass is 10.2. The molecule has 200 valence electrons. The van der Waals surface area contributed by atoms with Gasteiger partial charge in [-0.25, -0.2) is 13.4 Å². The maximum absolute atomic E-state index is 12.6. The molecule has 0 saturated carbocycles. The highest BCUT2D eigenvalue weighted by atomic mass is 35.5. The van der Waals surface area contributed by atoms with Crippen molar-refractivity contribution in [2.75, 3.05) is 48.9 Å². The van der Waals surface area contributed by atoms with E-state index in [1.54, 1.807) is 35.6 Å². The molecule has 1 aliphatic heterocycles. The van der Waals surface area contributed by atoms with E-state index in [0.717, 1.165) is 43.4 Å². The number of benzene rings is 3. The molecule has 1 fully saturated rings. The Morgan fingerprint density at radius 2 is 1.63 bits per heavy atom. The number of amides is 1. The number of hydrogen-bond donors (Lipinski definition) is 2. The zero-order valence-electron chi connectivity index (χ0n) is 20.3. The van der Waals surface area contributed by atoms with E-state index in [-0.39, 0.29) is 23.2 Å². The summed E-state index contributed by atoms with van der Waals surface area (Å²) in [6.45, 7) is 4.92. The van der Waals surface area contributed by atoms with Gasteiger partial charge in [0, 0.05) is 55.5 Å². The van der Waals surface area contributed by atoms with Gasteiger partial charge in [-0.2, -0.15) is 0 Å². The number of aromatic nitrogens is 1. The van der Waals surface area contributed by atoms with Crippen molar-refractivity contribution in [2.24, 2.45) is 0 Å². The first-order valence-corrected chi connectivity index (χ1v) is 14.5. The fourth-order valence-electron chi connectivity index (χ4n) is 4.11. The third-order valence-corrected chi connectivity index (χ3v) is 8.91. The van der Waals surface area contributed by atoms with E-state index < -0.39 is 10.0 Å². The monoisotopic (exact) mass is 591 g/mol. The number of nitrogens with one attached hydrogen (secondary N) is 2. The second-order valence-electron chi connectivity index (χ2n) is 8.69. The highest BCUT2D eigenvalue weighted by molar-refractivity contribution is 7.92. The molecular weight excluding hydrogens is 565 g/mol. The SMILES string of the molecule is Cl.O=C(NCCN1CCN(c2nc3ccccc3s2)CC1)c1ccc(NS(=O)(=O)c2ccc(Cl)cc2)cc1. The predicted octanol–water partition coefficient (Wildman–Crippen LogP) is 4.72. The minimum Gasteiger partial charge on any atom is -0.351 e. The first-order valence-electron chi connectivity index (χ1n) is 11.9. The number of sulfonamides is 1. The average Bonchev–Trinajstić information content (AvgIpc) is 3.34. The van der Waals surface area contributed by atoms with Crippen molar-refractivity contribution in [2.45, 2.75) is 4.90 Å². The van der Waals surface area contributed by atoms with E-state index in [4.69, 9.17) is 16.6 Å². The van der Waals surface area contributed by atoms with Gasteiger partial charge in [-0.05, 0) is 60.7 Å². The van der Waals surface area contributed by atoms with Crippen LogP contribution in [0.5, 0.6) is 0 Å². The molecule has 12 heteroatoms. The number of nitrogens with zero attached hydrogens (tertiary/aromatic N) is 3. The zero-order chi connectivity index (χ0) is 25.8. The third-order valence-electron chi connectivity index (χ3n) is 6.16. The Morgan fingerprint density at radius 1 is 0.947 bits per heavy atom. The zero-order valence-corrected chi connectivity index (χ0v) is 23.5. The van der Waals surface area contributed by atoms with Crippen LogP contribution in [-0.4, -0.2) is 63.5 Å². The summed E-state index contributed by atoms with van der Waals surface area (Å²) >= 11 is 7.56. The number of hydrogen-bond acceptors (Lipinski definition) is 7. The van der Waals surface area contributed by atoms with Gasteiger partial charge in [-0.15, -0.1) is 12.4 Å². The second kappa shape index (κ2) is 12.3. The number of para-hydroxylation sites is 1. The molecule has 1 amide bonds. The summed E-state index contributed by atoms with van der Waals surface area (Å²) in [7, 11) is -3.74. The molecule has 0 radical (unpaired) electrons. The molecule has 0 aliphatic carbocycles. The number of thiazole rings is 1. The maximum atomic E-state index is 12.6. The molecule has 4 aromatic rings. The third kappa shape index (κ3) is 6.75. The standard InChI is InChI=1S/C26H26ClN5O3S2.ClH/c27-20-7-11-22(12-8-20)37(34,35)30-21-9-5-19(6-10-21)25(33)28-13-14-31-15-17-32(18-16-31)26-29-23-3-1-2-4-24(23)36-26;/h1-12,30H,13-18H2,(H,28,33);1H. The number of halogens is 2. The fraction of sp³-hybridized carbons (Fsp3) is 0.231. The average molecular weight is 593 g/mol. The van der Waals surface area contributed by atoms with Gasteiger partial charge in [0.15, 0.2) is 5.13 Å². The lowest BCUT2D eigenvalue weighted by Crippen LogP contribution is -2.48. The van der Waals surface area contributed by atoms with Crippen LogP contribution in [0.15, 0.2) is 77.7 Å². The van der Waals surface area contributed by atoms with Crippen LogP contribution in [0.3, 0.4) is 0 Å². The van der Waals surface area contributed by atoms with E-state index in [9.17, 15) is 13.2 Å². The largest absolute Gasteiger partial charge is 0.351 e. The number of carbonyl (C=O) groups is 1. The summed E-state index contributed by atoms with van der Waals surface area (Å²) in [6, 6.07) is 20.5. The summed E-state index contributed by atoms with van der Waals surface area (Å²) in [4.78, 5) is 22.1. The molecule has 0 bridgehead atoms. The summed E-state index contributed by atoms with van der Waals surface area (Å²) in [5, 5.41) is 4.47. The fourth-order valence-corrected chi connectivity index (χ4v) is 6.31. The molecule has 0 spiro atoms. The quantitative estimate of drug-likeness (QED) is 0.308. The molecule has 5 rings (SSSR count). The number of fused-ring (bicyclic) bond motifs is 1. The topological polar surface area (TPSA) is 94.6 Å². The lowest BCUT2D eigenvalue weighted by molar-refractivity contribution is 0.0948. The van der Waals surface area contributed by atoms with Gasteiger partial charge in [0.2, 0.25) is 0 Å². The van der Waals surface area contributed by atoms with Crippen LogP contribution in [0, 0.1) is 0 Å². The van der Waals surface area contributed by atoms with E-state index in [0.29, 0.717) is 22.8 Å². The summed E-state index contributed by atoms with van der Waals surface area (Å²) < 4.78 is 28.8. The molecule has 2 heterocycles. The van der Waals surface area contributed by atoms with Crippen molar-refractivity contribution < 1.29 is 13.2 Å². The minimum absolute atomic E-state index is 0. The molecule has 0 atom stereocenters. The van der Waals surface area contributed by atoms with Gasteiger partial charge in [-0.3, -0.25) is 14.4 Å². The van der Waals surface area contributed by atoms with Crippen molar-refractivity contribution in [1.29, 1.82) is 0 Å². The number of rotatable bonds is 8. The first-order chi connectivity index (χ1) is 17.9. The van der Waals surface area contributed by atoms with Crippen molar-refractivity contribution in [3.8, 4) is 0 Å². The summed E-state index contributed by atoms with van der Waals surface area (Å²) in [6.07, 6.45) is 0. The first kappa shape index (κ1) is 28.1. The molecule has 0 unspecified atom stereocenters. The van der Waals surface area contributed by atoms with E-state index in [1.165, 1.54) is 29.0 Å². The van der Waals surface area contributed by atoms with Gasteiger partial charge >= 0.3 is 0 Å². The van der Waals surface area contributed by atoms with Gasteiger partial charge in [0.05, 0.1) is 15.1 Å². The summed E-state index contributed by atoms with van der Waals surface area (Å²) in [5.74, 6) is -0.194. The molecule has 3 aromatic carbocycles. The van der Waals surface area contributed by atoms with Crippen molar-refractivity contribution in [3.63, 3.8) is 0 Å². The second-order valence-corrected chi connectivity index (χ2v) is 11.8. The normalized spacial score (nSPS) is 14.2. The Bertz CT molecular complexity index is 1450. The Balaban J connectivity index is 0.00000336. The highest BCUT2D eigenvalue weighted by Gasteiger charge is 2.20. The van der Waals surface area contributed by atoms with Crippen LogP contribution in [0.25, 0.3) is 10.2 Å². The van der Waals surface area contributed by atoms with E-state index in [1.807, 2.05) is 18.2 Å². The van der Waals surface area contributed by atoms with Crippen molar-refractivity contribution >= 4 is 72.3 Å². The van der Waals surface area contributed by atoms with Gasteiger partial charge in [0.25, 0.3) is 15.9 Å².